The highest BCUT2D eigenvalue weighted by atomic mass is 16.5. The van der Waals surface area contributed by atoms with Crippen molar-refractivity contribution in [2.24, 2.45) is 5.92 Å². The lowest BCUT2D eigenvalue weighted by molar-refractivity contribution is -0.142. The third-order valence-corrected chi connectivity index (χ3v) is 3.38. The minimum absolute atomic E-state index is 0.121. The molecule has 0 bridgehead atoms. The molecule has 0 aromatic carbocycles. The van der Waals surface area contributed by atoms with Gasteiger partial charge in [0.15, 0.2) is 0 Å². The summed E-state index contributed by atoms with van der Waals surface area (Å²) in [5.74, 6) is 0.474. The van der Waals surface area contributed by atoms with Crippen LogP contribution in [0.1, 0.15) is 33.1 Å². The number of hydrogen-bond donors (Lipinski definition) is 1. The third-order valence-electron chi connectivity index (χ3n) is 3.38. The fourth-order valence-electron chi connectivity index (χ4n) is 2.25. The van der Waals surface area contributed by atoms with Crippen LogP contribution in [-0.4, -0.2) is 50.2 Å². The number of piperidine rings is 1. The van der Waals surface area contributed by atoms with E-state index in [0.717, 1.165) is 32.4 Å². The Labute approximate surface area is 105 Å². The summed E-state index contributed by atoms with van der Waals surface area (Å²) in [7, 11) is 2.14. The highest BCUT2D eigenvalue weighted by Gasteiger charge is 2.24. The molecule has 17 heavy (non-hydrogen) atoms. The van der Waals surface area contributed by atoms with Crippen LogP contribution in [-0.2, 0) is 9.53 Å². The molecule has 0 saturated carbocycles. The number of likely N-dealkylation sites (tertiary alicyclic amines) is 1. The molecule has 1 heterocycles. The Bertz CT molecular complexity index is 233. The van der Waals surface area contributed by atoms with Crippen LogP contribution in [0.3, 0.4) is 0 Å². The van der Waals surface area contributed by atoms with Crippen LogP contribution in [0.15, 0.2) is 0 Å². The molecule has 0 aromatic heterocycles. The second-order valence-electron chi connectivity index (χ2n) is 5.09. The number of unbranched alkanes of at least 4 members (excludes halogenated alkanes) is 1. The second kappa shape index (κ2) is 7.67. The molecule has 4 nitrogen and oxygen atoms in total. The van der Waals surface area contributed by atoms with E-state index >= 15 is 0 Å². The summed E-state index contributed by atoms with van der Waals surface area (Å²) >= 11 is 0. The molecule has 1 aliphatic rings. The van der Waals surface area contributed by atoms with Gasteiger partial charge in [0.1, 0.15) is 0 Å². The van der Waals surface area contributed by atoms with Gasteiger partial charge in [0.2, 0.25) is 0 Å². The first kappa shape index (κ1) is 14.5. The van der Waals surface area contributed by atoms with Crippen molar-refractivity contribution < 1.29 is 9.53 Å². The van der Waals surface area contributed by atoms with Crippen molar-refractivity contribution in [1.29, 1.82) is 0 Å². The maximum absolute atomic E-state index is 11.4. The van der Waals surface area contributed by atoms with Crippen LogP contribution in [0, 0.1) is 5.92 Å². The monoisotopic (exact) mass is 242 g/mol. The SMILES string of the molecule is CCCCOC(=O)CNC1CCN(C)CC1C. The van der Waals surface area contributed by atoms with Gasteiger partial charge in [-0.25, -0.2) is 0 Å². The average Bonchev–Trinajstić information content (AvgIpc) is 2.28. The van der Waals surface area contributed by atoms with Crippen LogP contribution < -0.4 is 5.32 Å². The Kier molecular flexibility index (Phi) is 6.52. The minimum Gasteiger partial charge on any atom is -0.465 e. The predicted octanol–water partition coefficient (Wildman–Crippen LogP) is 1.26. The molecule has 4 heteroatoms. The molecule has 1 saturated heterocycles. The van der Waals surface area contributed by atoms with Crippen molar-refractivity contribution in [3.8, 4) is 0 Å². The van der Waals surface area contributed by atoms with E-state index in [1.54, 1.807) is 0 Å². The maximum atomic E-state index is 11.4. The number of carbonyl (C=O) groups is 1. The fraction of sp³-hybridized carbons (Fsp3) is 0.923. The molecule has 2 atom stereocenters. The van der Waals surface area contributed by atoms with E-state index in [-0.39, 0.29) is 5.97 Å². The molecule has 0 aromatic rings. The van der Waals surface area contributed by atoms with E-state index in [0.29, 0.717) is 25.1 Å². The summed E-state index contributed by atoms with van der Waals surface area (Å²) in [6.45, 7) is 7.43. The van der Waals surface area contributed by atoms with Gasteiger partial charge in [-0.3, -0.25) is 4.79 Å². The molecule has 100 valence electrons. The minimum atomic E-state index is -0.121. The van der Waals surface area contributed by atoms with E-state index in [1.807, 2.05) is 0 Å². The smallest absolute Gasteiger partial charge is 0.319 e. The molecule has 0 aliphatic carbocycles. The summed E-state index contributed by atoms with van der Waals surface area (Å²) in [6.07, 6.45) is 3.13. The number of rotatable bonds is 6. The Hall–Kier alpha value is -0.610. The molecule has 1 fully saturated rings. The van der Waals surface area contributed by atoms with Gasteiger partial charge in [-0.15, -0.1) is 0 Å². The summed E-state index contributed by atoms with van der Waals surface area (Å²) < 4.78 is 5.12. The van der Waals surface area contributed by atoms with Crippen molar-refractivity contribution in [2.45, 2.75) is 39.2 Å². The highest BCUT2D eigenvalue weighted by molar-refractivity contribution is 5.71. The van der Waals surface area contributed by atoms with Crippen molar-refractivity contribution >= 4 is 5.97 Å². The number of nitrogens with zero attached hydrogens (tertiary/aromatic N) is 1. The zero-order chi connectivity index (χ0) is 12.7. The van der Waals surface area contributed by atoms with E-state index in [9.17, 15) is 4.79 Å². The Morgan fingerprint density at radius 3 is 2.94 bits per heavy atom. The quantitative estimate of drug-likeness (QED) is 0.562. The van der Waals surface area contributed by atoms with Crippen LogP contribution in [0.25, 0.3) is 0 Å². The van der Waals surface area contributed by atoms with Crippen LogP contribution in [0.2, 0.25) is 0 Å². The van der Waals surface area contributed by atoms with Gasteiger partial charge in [-0.2, -0.15) is 0 Å². The molecule has 1 N–H and O–H groups in total. The zero-order valence-electron chi connectivity index (χ0n) is 11.4. The standard InChI is InChI=1S/C13H26N2O2/c1-4-5-8-17-13(16)9-14-12-6-7-15(3)10-11(12)2/h11-12,14H,4-10H2,1-3H3. The Balaban J connectivity index is 2.14. The molecule has 0 radical (unpaired) electrons. The molecule has 2 unspecified atom stereocenters. The number of nitrogens with one attached hydrogen (secondary N) is 1. The van der Waals surface area contributed by atoms with Gasteiger partial charge >= 0.3 is 5.97 Å². The van der Waals surface area contributed by atoms with Crippen LogP contribution in [0.4, 0.5) is 0 Å². The van der Waals surface area contributed by atoms with Crippen molar-refractivity contribution in [1.82, 2.24) is 10.2 Å². The molecule has 1 rings (SSSR count). The first-order chi connectivity index (χ1) is 8.13. The summed E-state index contributed by atoms with van der Waals surface area (Å²) in [6, 6.07) is 0.449. The molecule has 0 spiro atoms. The molecular weight excluding hydrogens is 216 g/mol. The van der Waals surface area contributed by atoms with Gasteiger partial charge in [0.25, 0.3) is 0 Å². The van der Waals surface area contributed by atoms with E-state index in [1.165, 1.54) is 0 Å². The van der Waals surface area contributed by atoms with Crippen LogP contribution in [0.5, 0.6) is 0 Å². The van der Waals surface area contributed by atoms with Gasteiger partial charge in [-0.1, -0.05) is 20.3 Å². The van der Waals surface area contributed by atoms with Crippen molar-refractivity contribution in [3.63, 3.8) is 0 Å². The van der Waals surface area contributed by atoms with Gasteiger partial charge in [-0.05, 0) is 32.4 Å². The first-order valence-electron chi connectivity index (χ1n) is 6.71. The number of carbonyl (C=O) groups excluding carboxylic acids is 1. The van der Waals surface area contributed by atoms with Gasteiger partial charge in [0, 0.05) is 12.6 Å². The van der Waals surface area contributed by atoms with E-state index in [2.05, 4.69) is 31.1 Å². The number of hydrogen-bond acceptors (Lipinski definition) is 4. The lowest BCUT2D eigenvalue weighted by Crippen LogP contribution is -2.48. The molecule has 1 aliphatic heterocycles. The third kappa shape index (κ3) is 5.50. The lowest BCUT2D eigenvalue weighted by atomic mass is 9.94. The van der Waals surface area contributed by atoms with Gasteiger partial charge in [0.05, 0.1) is 13.2 Å². The number of esters is 1. The van der Waals surface area contributed by atoms with Crippen molar-refractivity contribution in [3.05, 3.63) is 0 Å². The zero-order valence-corrected chi connectivity index (χ0v) is 11.4. The Morgan fingerprint density at radius 1 is 1.53 bits per heavy atom. The second-order valence-corrected chi connectivity index (χ2v) is 5.09. The van der Waals surface area contributed by atoms with E-state index < -0.39 is 0 Å². The van der Waals surface area contributed by atoms with Crippen LogP contribution >= 0.6 is 0 Å². The fourth-order valence-corrected chi connectivity index (χ4v) is 2.25. The topological polar surface area (TPSA) is 41.6 Å². The van der Waals surface area contributed by atoms with Crippen molar-refractivity contribution in [2.75, 3.05) is 33.3 Å². The summed E-state index contributed by atoms with van der Waals surface area (Å²) in [5, 5.41) is 3.32. The summed E-state index contributed by atoms with van der Waals surface area (Å²) in [4.78, 5) is 13.8. The predicted molar refractivity (Wildman–Crippen MR) is 68.9 cm³/mol. The molecular formula is C13H26N2O2. The summed E-state index contributed by atoms with van der Waals surface area (Å²) in [5.41, 5.74) is 0. The average molecular weight is 242 g/mol. The van der Waals surface area contributed by atoms with Gasteiger partial charge < -0.3 is 15.0 Å². The Morgan fingerprint density at radius 2 is 2.29 bits per heavy atom. The first-order valence-corrected chi connectivity index (χ1v) is 6.71. The largest absolute Gasteiger partial charge is 0.465 e. The normalized spacial score (nSPS) is 25.8. The number of ether oxygens (including phenoxy) is 1. The maximum Gasteiger partial charge on any atom is 0.319 e. The van der Waals surface area contributed by atoms with E-state index in [4.69, 9.17) is 4.74 Å². The lowest BCUT2D eigenvalue weighted by Gasteiger charge is -2.35. The molecule has 0 amide bonds. The highest BCUT2D eigenvalue weighted by Crippen LogP contribution is 2.14.